The van der Waals surface area contributed by atoms with Crippen molar-refractivity contribution in [3.8, 4) is 0 Å². The van der Waals surface area contributed by atoms with E-state index in [0.717, 1.165) is 5.56 Å². The summed E-state index contributed by atoms with van der Waals surface area (Å²) in [5.74, 6) is 0.211. The molecular formula is C10H12Cl2Ru. The molecule has 13 heavy (non-hydrogen) atoms. The predicted molar refractivity (Wildman–Crippen MR) is 54.7 cm³/mol. The monoisotopic (exact) mass is 304 g/mol. The van der Waals surface area contributed by atoms with Crippen LogP contribution in [0.2, 0.25) is 0 Å². The topological polar surface area (TPSA) is 0 Å². The molecule has 0 spiro atoms. The minimum atomic E-state index is -0.763. The number of benzene rings is 1. The van der Waals surface area contributed by atoms with Gasteiger partial charge in [-0.15, -0.1) is 0 Å². The molecule has 0 radical (unpaired) electrons. The van der Waals surface area contributed by atoms with Crippen LogP contribution in [0.1, 0.15) is 19.4 Å². The molecule has 0 aliphatic carbocycles. The van der Waals surface area contributed by atoms with Crippen LogP contribution in [0.25, 0.3) is 0 Å². The van der Waals surface area contributed by atoms with Gasteiger partial charge in [0.1, 0.15) is 4.33 Å². The fourth-order valence-corrected chi connectivity index (χ4v) is 1.25. The molecule has 0 aliphatic rings. The minimum absolute atomic E-state index is 0. The number of alkyl halides is 2. The van der Waals surface area contributed by atoms with Gasteiger partial charge in [-0.2, -0.15) is 0 Å². The van der Waals surface area contributed by atoms with Crippen molar-refractivity contribution in [3.05, 3.63) is 35.9 Å². The molecular weight excluding hydrogens is 292 g/mol. The van der Waals surface area contributed by atoms with Crippen molar-refractivity contribution in [1.82, 2.24) is 0 Å². The van der Waals surface area contributed by atoms with Gasteiger partial charge in [0.25, 0.3) is 0 Å². The molecule has 0 heterocycles. The number of halogens is 2. The van der Waals surface area contributed by atoms with Crippen LogP contribution in [0.3, 0.4) is 0 Å². The largest absolute Gasteiger partial charge is 0.145 e. The molecule has 1 aromatic rings. The standard InChI is InChI=1S/C10H12Cl2.Ru/c1-8(2)10(11,12)9-6-4-3-5-7-9;/h3-8H,1-2H3;. The maximum Gasteiger partial charge on any atom is 0.145 e. The van der Waals surface area contributed by atoms with Crippen LogP contribution in [-0.2, 0) is 23.8 Å². The molecule has 0 atom stereocenters. The summed E-state index contributed by atoms with van der Waals surface area (Å²) in [7, 11) is 0. The number of hydrogen-bond donors (Lipinski definition) is 0. The zero-order valence-corrected chi connectivity index (χ0v) is 10.8. The summed E-state index contributed by atoms with van der Waals surface area (Å²) in [5, 5.41) is 0. The van der Waals surface area contributed by atoms with Crippen LogP contribution in [0, 0.1) is 5.92 Å². The molecule has 1 rings (SSSR count). The molecule has 0 amide bonds. The van der Waals surface area contributed by atoms with Crippen LogP contribution in [0.4, 0.5) is 0 Å². The summed E-state index contributed by atoms with van der Waals surface area (Å²) in [6.07, 6.45) is 0. The van der Waals surface area contributed by atoms with Gasteiger partial charge < -0.3 is 0 Å². The number of hydrogen-bond acceptors (Lipinski definition) is 0. The van der Waals surface area contributed by atoms with Gasteiger partial charge in [-0.1, -0.05) is 67.4 Å². The van der Waals surface area contributed by atoms with E-state index in [1.54, 1.807) is 0 Å². The van der Waals surface area contributed by atoms with E-state index in [9.17, 15) is 0 Å². The molecule has 0 fully saturated rings. The Hall–Kier alpha value is 0.423. The van der Waals surface area contributed by atoms with Crippen molar-refractivity contribution in [2.75, 3.05) is 0 Å². The molecule has 0 nitrogen and oxygen atoms in total. The zero-order chi connectivity index (χ0) is 9.19. The van der Waals surface area contributed by atoms with Crippen molar-refractivity contribution >= 4 is 23.2 Å². The minimum Gasteiger partial charge on any atom is -0.0960 e. The van der Waals surface area contributed by atoms with E-state index in [1.165, 1.54) is 0 Å². The van der Waals surface area contributed by atoms with Crippen LogP contribution in [0.15, 0.2) is 30.3 Å². The van der Waals surface area contributed by atoms with E-state index in [4.69, 9.17) is 23.2 Å². The molecule has 3 heteroatoms. The van der Waals surface area contributed by atoms with E-state index in [1.807, 2.05) is 44.2 Å². The molecule has 0 saturated carbocycles. The Balaban J connectivity index is 0.00000144. The summed E-state index contributed by atoms with van der Waals surface area (Å²) in [6, 6.07) is 9.72. The quantitative estimate of drug-likeness (QED) is 0.573. The molecule has 1 aromatic carbocycles. The maximum atomic E-state index is 6.16. The van der Waals surface area contributed by atoms with E-state index < -0.39 is 4.33 Å². The van der Waals surface area contributed by atoms with Gasteiger partial charge in [-0.25, -0.2) is 0 Å². The molecule has 0 saturated heterocycles. The average molecular weight is 304 g/mol. The molecule has 0 aromatic heterocycles. The Bertz CT molecular complexity index is 244. The summed E-state index contributed by atoms with van der Waals surface area (Å²) in [6.45, 7) is 4.01. The Kier molecular flexibility index (Phi) is 5.51. The van der Waals surface area contributed by atoms with Gasteiger partial charge in [0.05, 0.1) is 0 Å². The van der Waals surface area contributed by atoms with Crippen molar-refractivity contribution in [1.29, 1.82) is 0 Å². The van der Waals surface area contributed by atoms with E-state index in [-0.39, 0.29) is 25.4 Å². The van der Waals surface area contributed by atoms with Crippen molar-refractivity contribution in [2.45, 2.75) is 18.2 Å². The first-order chi connectivity index (χ1) is 5.55. The summed E-state index contributed by atoms with van der Waals surface area (Å²) in [5.41, 5.74) is 0.961. The Labute approximate surface area is 102 Å². The molecule has 0 bridgehead atoms. The SMILES string of the molecule is CC(C)C(Cl)(Cl)c1ccccc1.[Ru]. The summed E-state index contributed by atoms with van der Waals surface area (Å²) >= 11 is 12.3. The first-order valence-electron chi connectivity index (χ1n) is 3.98. The van der Waals surface area contributed by atoms with Crippen molar-refractivity contribution < 1.29 is 19.5 Å². The Morgan fingerprint density at radius 3 is 1.92 bits per heavy atom. The third kappa shape index (κ3) is 3.24. The Morgan fingerprint density at radius 2 is 1.54 bits per heavy atom. The van der Waals surface area contributed by atoms with E-state index in [2.05, 4.69) is 0 Å². The smallest absolute Gasteiger partial charge is 0.0960 e. The van der Waals surface area contributed by atoms with Crippen LogP contribution in [0.5, 0.6) is 0 Å². The van der Waals surface area contributed by atoms with Crippen molar-refractivity contribution in [2.24, 2.45) is 5.92 Å². The average Bonchev–Trinajstić information content (AvgIpc) is 2.06. The molecule has 0 N–H and O–H groups in total. The van der Waals surface area contributed by atoms with E-state index in [0.29, 0.717) is 0 Å². The van der Waals surface area contributed by atoms with Crippen molar-refractivity contribution in [3.63, 3.8) is 0 Å². The van der Waals surface area contributed by atoms with Gasteiger partial charge in [0.15, 0.2) is 0 Å². The fourth-order valence-electron chi connectivity index (χ4n) is 0.994. The third-order valence-corrected chi connectivity index (χ3v) is 3.19. The normalized spacial score (nSPS) is 11.2. The molecule has 0 aliphatic heterocycles. The van der Waals surface area contributed by atoms with E-state index >= 15 is 0 Å². The summed E-state index contributed by atoms with van der Waals surface area (Å²) in [4.78, 5) is 0. The number of rotatable bonds is 2. The third-order valence-electron chi connectivity index (χ3n) is 1.88. The van der Waals surface area contributed by atoms with Gasteiger partial charge in [-0.3, -0.25) is 0 Å². The van der Waals surface area contributed by atoms with Crippen LogP contribution >= 0.6 is 23.2 Å². The molecule has 74 valence electrons. The zero-order valence-electron chi connectivity index (χ0n) is 7.57. The van der Waals surface area contributed by atoms with Gasteiger partial charge in [0.2, 0.25) is 0 Å². The maximum absolute atomic E-state index is 6.16. The first-order valence-corrected chi connectivity index (χ1v) is 4.74. The second-order valence-electron chi connectivity index (χ2n) is 3.14. The first kappa shape index (κ1) is 13.4. The second kappa shape index (κ2) is 5.34. The predicted octanol–water partition coefficient (Wildman–Crippen LogP) is 3.97. The van der Waals surface area contributed by atoms with Crippen LogP contribution in [-0.4, -0.2) is 0 Å². The van der Waals surface area contributed by atoms with Gasteiger partial charge >= 0.3 is 0 Å². The molecule has 0 unspecified atom stereocenters. The van der Waals surface area contributed by atoms with Gasteiger partial charge in [-0.05, 0) is 11.5 Å². The fraction of sp³-hybridized carbons (Fsp3) is 0.400. The van der Waals surface area contributed by atoms with Crippen LogP contribution < -0.4 is 0 Å². The summed E-state index contributed by atoms with van der Waals surface area (Å²) < 4.78 is -0.763. The van der Waals surface area contributed by atoms with Gasteiger partial charge in [0, 0.05) is 19.5 Å². The Morgan fingerprint density at radius 1 is 1.08 bits per heavy atom. The second-order valence-corrected chi connectivity index (χ2v) is 4.53.